The molecule has 0 radical (unpaired) electrons. The van der Waals surface area contributed by atoms with E-state index in [1.165, 1.54) is 16.8 Å². The summed E-state index contributed by atoms with van der Waals surface area (Å²) in [5.41, 5.74) is 3.94. The van der Waals surface area contributed by atoms with E-state index in [1.807, 2.05) is 0 Å². The SMILES string of the molecule is CCN1C[C@@H]2CN(C(=O)O)CCc3c(Br)ccc1c32. The van der Waals surface area contributed by atoms with E-state index in [9.17, 15) is 9.90 Å². The molecule has 0 spiro atoms. The van der Waals surface area contributed by atoms with Gasteiger partial charge >= 0.3 is 6.09 Å². The van der Waals surface area contributed by atoms with Crippen molar-refractivity contribution in [2.75, 3.05) is 31.1 Å². The predicted molar refractivity (Wildman–Crippen MR) is 78.1 cm³/mol. The molecule has 0 saturated heterocycles. The highest BCUT2D eigenvalue weighted by Gasteiger charge is 2.35. The molecule has 1 aromatic carbocycles. The molecule has 1 amide bonds. The number of anilines is 1. The summed E-state index contributed by atoms with van der Waals surface area (Å²) in [6.45, 7) is 5.25. The van der Waals surface area contributed by atoms with Crippen molar-refractivity contribution in [3.05, 3.63) is 27.7 Å². The van der Waals surface area contributed by atoms with Crippen LogP contribution in [0.3, 0.4) is 0 Å². The number of carboxylic acid groups (broad SMARTS) is 1. The highest BCUT2D eigenvalue weighted by molar-refractivity contribution is 9.10. The second kappa shape index (κ2) is 4.71. The third-order valence-electron chi connectivity index (χ3n) is 4.19. The van der Waals surface area contributed by atoms with Gasteiger partial charge < -0.3 is 14.9 Å². The Morgan fingerprint density at radius 2 is 2.26 bits per heavy atom. The average Bonchev–Trinajstić information content (AvgIpc) is 2.61. The monoisotopic (exact) mass is 324 g/mol. The van der Waals surface area contributed by atoms with Crippen LogP contribution < -0.4 is 4.90 Å². The molecule has 2 heterocycles. The van der Waals surface area contributed by atoms with Gasteiger partial charge in [0.1, 0.15) is 0 Å². The molecule has 1 atom stereocenters. The van der Waals surface area contributed by atoms with Crippen molar-refractivity contribution >= 4 is 27.7 Å². The fraction of sp³-hybridized carbons (Fsp3) is 0.500. The van der Waals surface area contributed by atoms with Gasteiger partial charge in [-0.3, -0.25) is 0 Å². The summed E-state index contributed by atoms with van der Waals surface area (Å²) in [6.07, 6.45) is -0.00942. The van der Waals surface area contributed by atoms with Crippen LogP contribution in [0, 0.1) is 0 Å². The van der Waals surface area contributed by atoms with Gasteiger partial charge in [-0.2, -0.15) is 0 Å². The normalized spacial score (nSPS) is 21.3. The topological polar surface area (TPSA) is 43.8 Å². The molecule has 2 aliphatic rings. The van der Waals surface area contributed by atoms with Gasteiger partial charge in [0, 0.05) is 42.3 Å². The first-order chi connectivity index (χ1) is 9.11. The van der Waals surface area contributed by atoms with E-state index in [0.717, 1.165) is 24.0 Å². The van der Waals surface area contributed by atoms with Crippen molar-refractivity contribution in [3.63, 3.8) is 0 Å². The number of carbonyl (C=O) groups is 1. The van der Waals surface area contributed by atoms with Gasteiger partial charge in [0.15, 0.2) is 0 Å². The summed E-state index contributed by atoms with van der Waals surface area (Å²) in [6, 6.07) is 4.25. The molecule has 3 rings (SSSR count). The van der Waals surface area contributed by atoms with E-state index in [2.05, 4.69) is 39.9 Å². The molecule has 1 N–H and O–H groups in total. The van der Waals surface area contributed by atoms with Crippen molar-refractivity contribution < 1.29 is 9.90 Å². The minimum absolute atomic E-state index is 0.307. The maximum absolute atomic E-state index is 11.3. The van der Waals surface area contributed by atoms with Crippen LogP contribution in [-0.4, -0.2) is 42.3 Å². The van der Waals surface area contributed by atoms with Crippen LogP contribution in [0.1, 0.15) is 24.0 Å². The minimum Gasteiger partial charge on any atom is -0.465 e. The van der Waals surface area contributed by atoms with Gasteiger partial charge in [0.2, 0.25) is 0 Å². The Bertz CT molecular complexity index is 532. The molecule has 5 heteroatoms. The molecule has 102 valence electrons. The van der Waals surface area contributed by atoms with Crippen molar-refractivity contribution in [1.82, 2.24) is 4.90 Å². The van der Waals surface area contributed by atoms with E-state index in [0.29, 0.717) is 19.0 Å². The van der Waals surface area contributed by atoms with E-state index in [1.54, 1.807) is 4.90 Å². The molecule has 2 aliphatic heterocycles. The molecule has 0 aromatic heterocycles. The number of amides is 1. The largest absolute Gasteiger partial charge is 0.465 e. The number of hydrogen-bond donors (Lipinski definition) is 1. The number of likely N-dealkylation sites (N-methyl/N-ethyl adjacent to an activating group) is 1. The molecule has 0 saturated carbocycles. The van der Waals surface area contributed by atoms with E-state index < -0.39 is 6.09 Å². The van der Waals surface area contributed by atoms with Gasteiger partial charge in [-0.1, -0.05) is 15.9 Å². The summed E-state index contributed by atoms with van der Waals surface area (Å²) in [5, 5.41) is 9.27. The Labute approximate surface area is 121 Å². The smallest absolute Gasteiger partial charge is 0.407 e. The lowest BCUT2D eigenvalue weighted by molar-refractivity contribution is 0.144. The van der Waals surface area contributed by atoms with Crippen molar-refractivity contribution in [2.45, 2.75) is 19.3 Å². The summed E-state index contributed by atoms with van der Waals surface area (Å²) in [5.74, 6) is 0.307. The van der Waals surface area contributed by atoms with Crippen LogP contribution in [-0.2, 0) is 6.42 Å². The van der Waals surface area contributed by atoms with Crippen molar-refractivity contribution in [3.8, 4) is 0 Å². The van der Waals surface area contributed by atoms with Gasteiger partial charge in [0.25, 0.3) is 0 Å². The van der Waals surface area contributed by atoms with Gasteiger partial charge in [0.05, 0.1) is 0 Å². The maximum Gasteiger partial charge on any atom is 0.407 e. The molecule has 0 aliphatic carbocycles. The first kappa shape index (κ1) is 12.8. The fourth-order valence-electron chi connectivity index (χ4n) is 3.29. The molecule has 1 aromatic rings. The molecule has 0 bridgehead atoms. The number of halogens is 1. The quantitative estimate of drug-likeness (QED) is 0.863. The first-order valence-electron chi connectivity index (χ1n) is 6.66. The van der Waals surface area contributed by atoms with Crippen LogP contribution in [0.4, 0.5) is 10.5 Å². The van der Waals surface area contributed by atoms with Crippen molar-refractivity contribution in [1.29, 1.82) is 0 Å². The summed E-state index contributed by atoms with van der Waals surface area (Å²) in [7, 11) is 0. The summed E-state index contributed by atoms with van der Waals surface area (Å²) < 4.78 is 1.11. The standard InChI is InChI=1S/C14H17BrN2O2/c1-2-16-7-9-8-17(14(18)19)6-5-10-11(15)3-4-12(16)13(9)10/h3-4,9H,2,5-8H2,1H3,(H,18,19)/t9-/m1/s1. The van der Waals surface area contributed by atoms with E-state index in [-0.39, 0.29) is 0 Å². The molecule has 0 unspecified atom stereocenters. The molecule has 0 fully saturated rings. The lowest BCUT2D eigenvalue weighted by atomic mass is 9.95. The zero-order valence-electron chi connectivity index (χ0n) is 10.9. The number of nitrogens with zero attached hydrogens (tertiary/aromatic N) is 2. The Morgan fingerprint density at radius 3 is 2.95 bits per heavy atom. The third kappa shape index (κ3) is 2.00. The van der Waals surface area contributed by atoms with Crippen LogP contribution in [0.2, 0.25) is 0 Å². The number of rotatable bonds is 1. The zero-order chi connectivity index (χ0) is 13.6. The van der Waals surface area contributed by atoms with Crippen LogP contribution >= 0.6 is 15.9 Å². The molecular weight excluding hydrogens is 308 g/mol. The second-order valence-corrected chi connectivity index (χ2v) is 6.03. The van der Waals surface area contributed by atoms with Gasteiger partial charge in [-0.25, -0.2) is 4.79 Å². The highest BCUT2D eigenvalue weighted by atomic mass is 79.9. The molecule has 19 heavy (non-hydrogen) atoms. The fourth-order valence-corrected chi connectivity index (χ4v) is 3.84. The summed E-state index contributed by atoms with van der Waals surface area (Å²) >= 11 is 3.62. The first-order valence-corrected chi connectivity index (χ1v) is 7.45. The van der Waals surface area contributed by atoms with Crippen LogP contribution in [0.25, 0.3) is 0 Å². The zero-order valence-corrected chi connectivity index (χ0v) is 12.5. The Kier molecular flexibility index (Phi) is 3.17. The summed E-state index contributed by atoms with van der Waals surface area (Å²) in [4.78, 5) is 15.2. The molecular formula is C14H17BrN2O2. The molecule has 4 nitrogen and oxygen atoms in total. The van der Waals surface area contributed by atoms with E-state index >= 15 is 0 Å². The Balaban J connectivity index is 2.07. The van der Waals surface area contributed by atoms with Crippen LogP contribution in [0.5, 0.6) is 0 Å². The lowest BCUT2D eigenvalue weighted by Gasteiger charge is -2.22. The van der Waals surface area contributed by atoms with Gasteiger partial charge in [-0.15, -0.1) is 0 Å². The van der Waals surface area contributed by atoms with Gasteiger partial charge in [-0.05, 0) is 36.6 Å². The highest BCUT2D eigenvalue weighted by Crippen LogP contribution is 2.43. The lowest BCUT2D eigenvalue weighted by Crippen LogP contribution is -2.35. The minimum atomic E-state index is -0.805. The third-order valence-corrected chi connectivity index (χ3v) is 4.93. The van der Waals surface area contributed by atoms with E-state index in [4.69, 9.17) is 0 Å². The second-order valence-electron chi connectivity index (χ2n) is 5.17. The Hall–Kier alpha value is -1.23. The maximum atomic E-state index is 11.3. The number of benzene rings is 1. The van der Waals surface area contributed by atoms with Crippen LogP contribution in [0.15, 0.2) is 16.6 Å². The number of hydrogen-bond acceptors (Lipinski definition) is 2. The average molecular weight is 325 g/mol. The van der Waals surface area contributed by atoms with Crippen molar-refractivity contribution in [2.24, 2.45) is 0 Å². The predicted octanol–water partition coefficient (Wildman–Crippen LogP) is 2.91. The Morgan fingerprint density at radius 1 is 1.47 bits per heavy atom.